The van der Waals surface area contributed by atoms with E-state index in [4.69, 9.17) is 4.74 Å². The lowest BCUT2D eigenvalue weighted by molar-refractivity contribution is 0.103. The first-order chi connectivity index (χ1) is 13.0. The molecule has 0 saturated heterocycles. The van der Waals surface area contributed by atoms with Gasteiger partial charge in [0.2, 0.25) is 10.0 Å². The predicted octanol–water partition coefficient (Wildman–Crippen LogP) is 0.797. The minimum Gasteiger partial charge on any atom is -0.487 e. The van der Waals surface area contributed by atoms with Crippen LogP contribution in [0.3, 0.4) is 0 Å². The molecule has 3 N–H and O–H groups in total. The molecule has 1 aromatic rings. The molecule has 1 aromatic carbocycles. The molecule has 3 atom stereocenters. The van der Waals surface area contributed by atoms with Crippen LogP contribution in [0.25, 0.3) is 0 Å². The summed E-state index contributed by atoms with van der Waals surface area (Å²) in [5.41, 5.74) is -0.609. The van der Waals surface area contributed by atoms with E-state index in [1.54, 1.807) is 32.9 Å². The van der Waals surface area contributed by atoms with Crippen molar-refractivity contribution in [2.24, 2.45) is 5.92 Å². The molecule has 0 amide bonds. The van der Waals surface area contributed by atoms with E-state index >= 15 is 0 Å². The maximum Gasteiger partial charge on any atom is 0.247 e. The molecule has 0 spiro atoms. The quantitative estimate of drug-likeness (QED) is 0.635. The van der Waals surface area contributed by atoms with Crippen LogP contribution in [0.1, 0.15) is 33.3 Å². The van der Waals surface area contributed by atoms with E-state index in [2.05, 4.69) is 17.2 Å². The molecule has 0 aromatic heterocycles. The minimum absolute atomic E-state index is 0.0506. The van der Waals surface area contributed by atoms with E-state index in [-0.39, 0.29) is 35.8 Å². The van der Waals surface area contributed by atoms with Crippen molar-refractivity contribution < 1.29 is 23.4 Å². The number of benzene rings is 1. The van der Waals surface area contributed by atoms with E-state index in [1.165, 1.54) is 10.4 Å². The van der Waals surface area contributed by atoms with Crippen LogP contribution >= 0.6 is 0 Å². The van der Waals surface area contributed by atoms with Crippen LogP contribution in [0.4, 0.5) is 0 Å². The van der Waals surface area contributed by atoms with Gasteiger partial charge in [0.05, 0.1) is 6.61 Å². The highest BCUT2D eigenvalue weighted by molar-refractivity contribution is 7.89. The van der Waals surface area contributed by atoms with Gasteiger partial charge < -0.3 is 20.3 Å². The highest BCUT2D eigenvalue weighted by atomic mass is 32.2. The maximum atomic E-state index is 13.3. The average molecular weight is 411 g/mol. The summed E-state index contributed by atoms with van der Waals surface area (Å²) in [5, 5.41) is 22.5. The first-order valence-electron chi connectivity index (χ1n) is 9.33. The molecule has 0 fully saturated rings. The number of hydrogen-bond donors (Lipinski definition) is 3. The summed E-state index contributed by atoms with van der Waals surface area (Å²) < 4.78 is 34.0. The first kappa shape index (κ1) is 22.7. The maximum absolute atomic E-state index is 13.3. The standard InChI is InChI=1S/C20H30N2O5S/c1-14-12-22(15(2)13-23)28(25,26)19-7-6-16(8-9-20(3,4)24)10-17(19)27-18(14)11-21-5/h6-7,10,14-15,18,21,23-24H,11-13H2,1-5H3/t14-,15-,18-/m1/s1. The molecule has 1 heterocycles. The van der Waals surface area contributed by atoms with Gasteiger partial charge in [-0.25, -0.2) is 8.42 Å². The fourth-order valence-electron chi connectivity index (χ4n) is 2.97. The fraction of sp³-hybridized carbons (Fsp3) is 0.600. The zero-order valence-electron chi connectivity index (χ0n) is 17.1. The van der Waals surface area contributed by atoms with Gasteiger partial charge in [-0.3, -0.25) is 0 Å². The molecule has 7 nitrogen and oxygen atoms in total. The van der Waals surface area contributed by atoms with Gasteiger partial charge in [0, 0.05) is 30.6 Å². The van der Waals surface area contributed by atoms with Crippen molar-refractivity contribution in [1.82, 2.24) is 9.62 Å². The van der Waals surface area contributed by atoms with Crippen LogP contribution in [-0.4, -0.2) is 67.4 Å². The molecular formula is C20H30N2O5S. The largest absolute Gasteiger partial charge is 0.487 e. The van der Waals surface area contributed by atoms with Crippen molar-refractivity contribution in [3.05, 3.63) is 23.8 Å². The van der Waals surface area contributed by atoms with Gasteiger partial charge >= 0.3 is 0 Å². The summed E-state index contributed by atoms with van der Waals surface area (Å²) >= 11 is 0. The van der Waals surface area contributed by atoms with Gasteiger partial charge in [-0.15, -0.1) is 0 Å². The molecule has 8 heteroatoms. The summed E-state index contributed by atoms with van der Waals surface area (Å²) in [7, 11) is -2.04. The molecule has 0 bridgehead atoms. The zero-order chi connectivity index (χ0) is 21.1. The van der Waals surface area contributed by atoms with Gasteiger partial charge in [-0.1, -0.05) is 18.8 Å². The number of aliphatic hydroxyl groups excluding tert-OH is 1. The number of hydrogen-bond acceptors (Lipinski definition) is 6. The lowest BCUT2D eigenvalue weighted by Crippen LogP contribution is -2.49. The fourth-order valence-corrected chi connectivity index (χ4v) is 4.80. The van der Waals surface area contributed by atoms with Crippen LogP contribution < -0.4 is 10.1 Å². The summed E-state index contributed by atoms with van der Waals surface area (Å²) in [5.74, 6) is 5.70. The Hall–Kier alpha value is -1.63. The Kier molecular flexibility index (Phi) is 7.12. The third-order valence-corrected chi connectivity index (χ3v) is 6.60. The van der Waals surface area contributed by atoms with Crippen LogP contribution in [0.2, 0.25) is 0 Å². The molecule has 1 aliphatic rings. The van der Waals surface area contributed by atoms with Crippen molar-refractivity contribution in [3.63, 3.8) is 0 Å². The molecule has 1 aliphatic heterocycles. The molecule has 0 saturated carbocycles. The van der Waals surface area contributed by atoms with Crippen LogP contribution in [0, 0.1) is 17.8 Å². The predicted molar refractivity (Wildman–Crippen MR) is 108 cm³/mol. The number of nitrogens with one attached hydrogen (secondary N) is 1. The second-order valence-corrected chi connectivity index (χ2v) is 9.63. The number of aliphatic hydroxyl groups is 2. The van der Waals surface area contributed by atoms with E-state index in [0.717, 1.165) is 0 Å². The first-order valence-corrected chi connectivity index (χ1v) is 10.8. The van der Waals surface area contributed by atoms with Crippen LogP contribution in [0.15, 0.2) is 23.1 Å². The summed E-state index contributed by atoms with van der Waals surface area (Å²) in [6.45, 7) is 7.28. The van der Waals surface area contributed by atoms with Crippen molar-refractivity contribution >= 4 is 10.0 Å². The Balaban J connectivity index is 2.61. The monoisotopic (exact) mass is 410 g/mol. The van der Waals surface area contributed by atoms with Crippen LogP contribution in [0.5, 0.6) is 5.75 Å². The minimum atomic E-state index is -3.86. The lowest BCUT2D eigenvalue weighted by Gasteiger charge is -2.36. The molecule has 2 rings (SSSR count). The molecule has 0 unspecified atom stereocenters. The summed E-state index contributed by atoms with van der Waals surface area (Å²) in [6.07, 6.45) is -0.259. The van der Waals surface area contributed by atoms with Crippen molar-refractivity contribution in [1.29, 1.82) is 0 Å². The Morgan fingerprint density at radius 1 is 1.43 bits per heavy atom. The number of likely N-dealkylation sites (N-methyl/N-ethyl adjacent to an activating group) is 1. The van der Waals surface area contributed by atoms with Gasteiger partial charge in [-0.2, -0.15) is 4.31 Å². The van der Waals surface area contributed by atoms with E-state index < -0.39 is 21.7 Å². The molecule has 0 radical (unpaired) electrons. The Morgan fingerprint density at radius 3 is 2.68 bits per heavy atom. The Bertz CT molecular complexity index is 852. The number of rotatable bonds is 4. The van der Waals surface area contributed by atoms with E-state index in [0.29, 0.717) is 12.1 Å². The molecule has 28 heavy (non-hydrogen) atoms. The van der Waals surface area contributed by atoms with Gasteiger partial charge in [-0.05, 0) is 46.0 Å². The Labute approximate surface area is 167 Å². The number of fused-ring (bicyclic) bond motifs is 1. The highest BCUT2D eigenvalue weighted by Crippen LogP contribution is 2.33. The second-order valence-electron chi connectivity index (χ2n) is 7.77. The van der Waals surface area contributed by atoms with Gasteiger partial charge in [0.15, 0.2) is 0 Å². The molecule has 156 valence electrons. The zero-order valence-corrected chi connectivity index (χ0v) is 17.9. The number of nitrogens with zero attached hydrogens (tertiary/aromatic N) is 1. The van der Waals surface area contributed by atoms with Crippen LogP contribution in [-0.2, 0) is 10.0 Å². The third kappa shape index (κ3) is 5.25. The Morgan fingerprint density at radius 2 is 2.11 bits per heavy atom. The number of sulfonamides is 1. The third-order valence-electron chi connectivity index (χ3n) is 4.59. The van der Waals surface area contributed by atoms with Crippen molar-refractivity contribution in [2.45, 2.75) is 50.3 Å². The normalized spacial score (nSPS) is 23.4. The number of ether oxygens (including phenoxy) is 1. The van der Waals surface area contributed by atoms with Crippen molar-refractivity contribution in [3.8, 4) is 17.6 Å². The molecule has 0 aliphatic carbocycles. The second kappa shape index (κ2) is 8.80. The summed E-state index contributed by atoms with van der Waals surface area (Å²) in [6, 6.07) is 4.11. The van der Waals surface area contributed by atoms with E-state index in [9.17, 15) is 18.6 Å². The smallest absolute Gasteiger partial charge is 0.247 e. The summed E-state index contributed by atoms with van der Waals surface area (Å²) in [4.78, 5) is 0.0506. The van der Waals surface area contributed by atoms with Gasteiger partial charge in [0.1, 0.15) is 22.4 Å². The average Bonchev–Trinajstić information content (AvgIpc) is 2.61. The highest BCUT2D eigenvalue weighted by Gasteiger charge is 2.37. The lowest BCUT2D eigenvalue weighted by atomic mass is 10.0. The SMILES string of the molecule is CNC[C@H]1Oc2cc(C#CC(C)(C)O)ccc2S(=O)(=O)N([C@H](C)CO)C[C@H]1C. The van der Waals surface area contributed by atoms with Gasteiger partial charge in [0.25, 0.3) is 0 Å². The topological polar surface area (TPSA) is 99.1 Å². The van der Waals surface area contributed by atoms with Crippen molar-refractivity contribution in [2.75, 3.05) is 26.7 Å². The van der Waals surface area contributed by atoms with E-state index in [1.807, 2.05) is 14.0 Å². The molecular weight excluding hydrogens is 380 g/mol.